The minimum Gasteiger partial charge on any atom is -0.455 e. The predicted octanol–water partition coefficient (Wildman–Crippen LogP) is 4.92. The fourth-order valence-corrected chi connectivity index (χ4v) is 4.24. The molecule has 0 bridgehead atoms. The summed E-state index contributed by atoms with van der Waals surface area (Å²) in [7, 11) is 0. The molecule has 0 atom stereocenters. The lowest BCUT2D eigenvalue weighted by Gasteiger charge is -2.36. The summed E-state index contributed by atoms with van der Waals surface area (Å²) in [5, 5.41) is 1.75. The van der Waals surface area contributed by atoms with Gasteiger partial charge in [0, 0.05) is 55.1 Å². The standard InChI is InChI=1S/C24H21ClN2O2/c25-18-9-10-20-22(15-18)29-24-17(5-4-8-21(24)23(20)28)16-26-11-13-27(14-12-26)19-6-2-1-3-7-19/h1-10,15H,11-14,16H2. The van der Waals surface area contributed by atoms with Gasteiger partial charge in [-0.15, -0.1) is 0 Å². The second-order valence-electron chi connectivity index (χ2n) is 7.46. The first-order valence-electron chi connectivity index (χ1n) is 9.85. The molecule has 4 nitrogen and oxygen atoms in total. The van der Waals surface area contributed by atoms with Crippen molar-refractivity contribution in [2.45, 2.75) is 6.54 Å². The molecule has 29 heavy (non-hydrogen) atoms. The molecule has 1 fully saturated rings. The maximum Gasteiger partial charge on any atom is 0.200 e. The number of rotatable bonds is 3. The quantitative estimate of drug-likeness (QED) is 0.454. The van der Waals surface area contributed by atoms with E-state index < -0.39 is 0 Å². The molecule has 2 heterocycles. The van der Waals surface area contributed by atoms with Gasteiger partial charge in [-0.3, -0.25) is 9.69 Å². The minimum absolute atomic E-state index is 0.00587. The maximum atomic E-state index is 12.9. The molecule has 0 radical (unpaired) electrons. The molecule has 4 aromatic rings. The Kier molecular flexibility index (Phi) is 4.74. The highest BCUT2D eigenvalue weighted by Gasteiger charge is 2.19. The van der Waals surface area contributed by atoms with Gasteiger partial charge in [-0.1, -0.05) is 41.9 Å². The van der Waals surface area contributed by atoms with Crippen LogP contribution in [0.1, 0.15) is 5.56 Å². The van der Waals surface area contributed by atoms with Crippen molar-refractivity contribution in [3.8, 4) is 0 Å². The second-order valence-corrected chi connectivity index (χ2v) is 7.90. The van der Waals surface area contributed by atoms with E-state index in [2.05, 4.69) is 34.1 Å². The van der Waals surface area contributed by atoms with Crippen molar-refractivity contribution in [2.24, 2.45) is 0 Å². The summed E-state index contributed by atoms with van der Waals surface area (Å²) < 4.78 is 6.15. The number of piperazine rings is 1. The molecule has 0 amide bonds. The largest absolute Gasteiger partial charge is 0.455 e. The molecule has 0 unspecified atom stereocenters. The number of fused-ring (bicyclic) bond motifs is 2. The third-order valence-corrected chi connectivity index (χ3v) is 5.86. The first kappa shape index (κ1) is 18.2. The van der Waals surface area contributed by atoms with Crippen LogP contribution in [-0.4, -0.2) is 31.1 Å². The van der Waals surface area contributed by atoms with E-state index in [4.69, 9.17) is 16.0 Å². The highest BCUT2D eigenvalue weighted by Crippen LogP contribution is 2.25. The third-order valence-electron chi connectivity index (χ3n) is 5.63. The monoisotopic (exact) mass is 404 g/mol. The van der Waals surface area contributed by atoms with Gasteiger partial charge in [0.1, 0.15) is 11.2 Å². The first-order valence-corrected chi connectivity index (χ1v) is 10.2. The average molecular weight is 405 g/mol. The van der Waals surface area contributed by atoms with E-state index in [9.17, 15) is 4.79 Å². The smallest absolute Gasteiger partial charge is 0.200 e. The highest BCUT2D eigenvalue weighted by atomic mass is 35.5. The van der Waals surface area contributed by atoms with Crippen molar-refractivity contribution in [3.05, 3.63) is 87.5 Å². The van der Waals surface area contributed by atoms with Crippen LogP contribution in [0.5, 0.6) is 0 Å². The number of nitrogens with zero attached hydrogens (tertiary/aromatic N) is 2. The molecule has 1 saturated heterocycles. The Balaban J connectivity index is 1.42. The molecule has 5 heteroatoms. The van der Waals surface area contributed by atoms with Crippen LogP contribution in [0.15, 0.2) is 75.9 Å². The molecule has 1 aromatic heterocycles. The van der Waals surface area contributed by atoms with E-state index in [1.54, 1.807) is 18.2 Å². The summed E-state index contributed by atoms with van der Waals surface area (Å²) in [6, 6.07) is 21.5. The summed E-state index contributed by atoms with van der Waals surface area (Å²) in [6.07, 6.45) is 0. The van der Waals surface area contributed by atoms with Crippen LogP contribution < -0.4 is 10.3 Å². The number of halogens is 1. The SMILES string of the molecule is O=c1c2ccc(Cl)cc2oc2c(CN3CCN(c4ccccc4)CC3)cccc12. The average Bonchev–Trinajstić information content (AvgIpc) is 2.75. The van der Waals surface area contributed by atoms with Gasteiger partial charge in [0.25, 0.3) is 0 Å². The molecule has 5 rings (SSSR count). The number of para-hydroxylation sites is 2. The van der Waals surface area contributed by atoms with E-state index in [0.717, 1.165) is 38.3 Å². The zero-order valence-electron chi connectivity index (χ0n) is 16.0. The van der Waals surface area contributed by atoms with Crippen molar-refractivity contribution in [2.75, 3.05) is 31.1 Å². The lowest BCUT2D eigenvalue weighted by atomic mass is 10.1. The van der Waals surface area contributed by atoms with Crippen LogP contribution in [0, 0.1) is 0 Å². The van der Waals surface area contributed by atoms with E-state index in [-0.39, 0.29) is 5.43 Å². The summed E-state index contributed by atoms with van der Waals surface area (Å²) >= 11 is 6.11. The maximum absolute atomic E-state index is 12.9. The Morgan fingerprint density at radius 1 is 0.862 bits per heavy atom. The Morgan fingerprint density at radius 3 is 2.45 bits per heavy atom. The van der Waals surface area contributed by atoms with Crippen LogP contribution in [-0.2, 0) is 6.54 Å². The van der Waals surface area contributed by atoms with E-state index in [1.165, 1.54) is 5.69 Å². The van der Waals surface area contributed by atoms with Crippen LogP contribution in [0.2, 0.25) is 5.02 Å². The van der Waals surface area contributed by atoms with Gasteiger partial charge in [0.2, 0.25) is 5.43 Å². The Labute approximate surface area is 173 Å². The summed E-state index contributed by atoms with van der Waals surface area (Å²) in [5.74, 6) is 0. The van der Waals surface area contributed by atoms with Crippen LogP contribution in [0.25, 0.3) is 21.9 Å². The van der Waals surface area contributed by atoms with Crippen molar-refractivity contribution in [3.63, 3.8) is 0 Å². The molecule has 1 aliphatic heterocycles. The highest BCUT2D eigenvalue weighted by molar-refractivity contribution is 6.31. The second kappa shape index (κ2) is 7.54. The fraction of sp³-hybridized carbons (Fsp3) is 0.208. The van der Waals surface area contributed by atoms with E-state index >= 15 is 0 Å². The Hall–Kier alpha value is -2.82. The van der Waals surface area contributed by atoms with Gasteiger partial charge in [-0.25, -0.2) is 0 Å². The topological polar surface area (TPSA) is 36.7 Å². The van der Waals surface area contributed by atoms with E-state index in [0.29, 0.717) is 27.0 Å². The van der Waals surface area contributed by atoms with Gasteiger partial charge in [0.05, 0.1) is 10.8 Å². The number of hydrogen-bond donors (Lipinski definition) is 0. The van der Waals surface area contributed by atoms with Crippen molar-refractivity contribution in [1.82, 2.24) is 4.90 Å². The molecule has 0 saturated carbocycles. The molecule has 0 N–H and O–H groups in total. The number of benzene rings is 3. The van der Waals surface area contributed by atoms with Crippen LogP contribution >= 0.6 is 11.6 Å². The van der Waals surface area contributed by atoms with Gasteiger partial charge in [-0.05, 0) is 30.3 Å². The molecule has 0 aliphatic carbocycles. The Morgan fingerprint density at radius 2 is 1.66 bits per heavy atom. The number of anilines is 1. The lowest BCUT2D eigenvalue weighted by molar-refractivity contribution is 0.250. The van der Waals surface area contributed by atoms with Crippen molar-refractivity contribution >= 4 is 39.2 Å². The first-order chi connectivity index (χ1) is 14.2. The van der Waals surface area contributed by atoms with Crippen molar-refractivity contribution < 1.29 is 4.42 Å². The summed E-state index contributed by atoms with van der Waals surface area (Å²) in [5.41, 5.74) is 3.50. The third kappa shape index (κ3) is 3.50. The normalized spacial score (nSPS) is 15.3. The van der Waals surface area contributed by atoms with E-state index in [1.807, 2.05) is 24.3 Å². The molecule has 1 aliphatic rings. The van der Waals surface area contributed by atoms with Gasteiger partial charge in [0.15, 0.2) is 0 Å². The lowest BCUT2D eigenvalue weighted by Crippen LogP contribution is -2.45. The molecule has 146 valence electrons. The molecule has 0 spiro atoms. The van der Waals surface area contributed by atoms with Gasteiger partial charge in [-0.2, -0.15) is 0 Å². The molecule has 3 aromatic carbocycles. The van der Waals surface area contributed by atoms with Gasteiger partial charge < -0.3 is 9.32 Å². The summed E-state index contributed by atoms with van der Waals surface area (Å²) in [6.45, 7) is 4.66. The van der Waals surface area contributed by atoms with Crippen LogP contribution in [0.3, 0.4) is 0 Å². The predicted molar refractivity (Wildman–Crippen MR) is 119 cm³/mol. The molecular formula is C24H21ClN2O2. The van der Waals surface area contributed by atoms with Crippen LogP contribution in [0.4, 0.5) is 5.69 Å². The minimum atomic E-state index is -0.00587. The summed E-state index contributed by atoms with van der Waals surface area (Å²) in [4.78, 5) is 17.7. The molecular weight excluding hydrogens is 384 g/mol. The zero-order chi connectivity index (χ0) is 19.8. The Bertz CT molecular complexity index is 1230. The fourth-order valence-electron chi connectivity index (χ4n) is 4.08. The van der Waals surface area contributed by atoms with Crippen molar-refractivity contribution in [1.29, 1.82) is 0 Å². The van der Waals surface area contributed by atoms with Gasteiger partial charge >= 0.3 is 0 Å². The number of hydrogen-bond acceptors (Lipinski definition) is 4. The zero-order valence-corrected chi connectivity index (χ0v) is 16.7.